The summed E-state index contributed by atoms with van der Waals surface area (Å²) in [5.41, 5.74) is 7.20. The molecular formula is C39H51P3. The number of hydrogen-bond donors (Lipinski definition) is 0. The Morgan fingerprint density at radius 1 is 0.452 bits per heavy atom. The van der Waals surface area contributed by atoms with Gasteiger partial charge in [-0.15, -0.1) is 0 Å². The molecule has 222 valence electrons. The average Bonchev–Trinajstić information content (AvgIpc) is 2.99. The summed E-state index contributed by atoms with van der Waals surface area (Å²) < 4.78 is 0. The number of benzene rings is 4. The van der Waals surface area contributed by atoms with Crippen molar-refractivity contribution in [3.63, 3.8) is 0 Å². The summed E-state index contributed by atoms with van der Waals surface area (Å²) in [6.45, 7) is 31.8. The third-order valence-electron chi connectivity index (χ3n) is 9.47. The Bertz CT molecular complexity index is 1340. The molecule has 0 atom stereocenters. The smallest absolute Gasteiger partial charge is 0.0736 e. The number of hydrogen-bond acceptors (Lipinski definition) is 0. The molecule has 4 rings (SSSR count). The van der Waals surface area contributed by atoms with Gasteiger partial charge in [0.15, 0.2) is 0 Å². The monoisotopic (exact) mass is 612 g/mol. The summed E-state index contributed by atoms with van der Waals surface area (Å²) in [6.07, 6.45) is 0. The van der Waals surface area contributed by atoms with E-state index in [1.807, 2.05) is 0 Å². The van der Waals surface area contributed by atoms with Crippen LogP contribution >= 0.6 is 22.4 Å². The molecule has 0 heterocycles. The van der Waals surface area contributed by atoms with Crippen molar-refractivity contribution < 1.29 is 0 Å². The Morgan fingerprint density at radius 2 is 0.762 bits per heavy atom. The first kappa shape index (κ1) is 33.1. The van der Waals surface area contributed by atoms with Gasteiger partial charge in [0, 0.05) is 33.2 Å². The van der Waals surface area contributed by atoms with Crippen LogP contribution in [0.3, 0.4) is 0 Å². The fourth-order valence-corrected chi connectivity index (χ4v) is 16.4. The Balaban J connectivity index is 2.00. The van der Waals surface area contributed by atoms with Gasteiger partial charge in [0.25, 0.3) is 0 Å². The summed E-state index contributed by atoms with van der Waals surface area (Å²) in [6, 6.07) is 36.3. The second-order valence-corrected chi connectivity index (χ2v) is 23.8. The van der Waals surface area contributed by atoms with Crippen molar-refractivity contribution >= 4 is 43.7 Å². The normalized spacial score (nSPS) is 12.8. The lowest BCUT2D eigenvalue weighted by Gasteiger charge is -2.42. The highest BCUT2D eigenvalue weighted by Gasteiger charge is 2.41. The molecule has 0 fully saturated rings. The number of rotatable bonds is 10. The largest absolute Gasteiger partial charge is 0.174 e. The minimum atomic E-state index is -1.72. The van der Waals surface area contributed by atoms with E-state index in [-0.39, 0.29) is 0 Å². The summed E-state index contributed by atoms with van der Waals surface area (Å²) in [5.74, 6) is 0. The van der Waals surface area contributed by atoms with Crippen molar-refractivity contribution in [2.24, 2.45) is 0 Å². The van der Waals surface area contributed by atoms with Crippen molar-refractivity contribution in [3.05, 3.63) is 110 Å². The van der Waals surface area contributed by atoms with Crippen LogP contribution in [0.5, 0.6) is 0 Å². The van der Waals surface area contributed by atoms with Gasteiger partial charge in [0.2, 0.25) is 0 Å². The van der Waals surface area contributed by atoms with Crippen molar-refractivity contribution in [3.8, 4) is 22.3 Å². The lowest BCUT2D eigenvalue weighted by Crippen LogP contribution is -2.39. The summed E-state index contributed by atoms with van der Waals surface area (Å²) in [4.78, 5) is 0. The Morgan fingerprint density at radius 3 is 1.05 bits per heavy atom. The van der Waals surface area contributed by atoms with E-state index in [4.69, 9.17) is 13.3 Å². The van der Waals surface area contributed by atoms with Crippen molar-refractivity contribution in [1.29, 1.82) is 0 Å². The van der Waals surface area contributed by atoms with Gasteiger partial charge in [-0.1, -0.05) is 87.3 Å². The van der Waals surface area contributed by atoms with Crippen LogP contribution in [0.25, 0.3) is 22.3 Å². The molecule has 0 N–H and O–H groups in total. The van der Waals surface area contributed by atoms with Gasteiger partial charge in [0.1, 0.15) is 0 Å². The van der Waals surface area contributed by atoms with E-state index in [0.29, 0.717) is 22.6 Å². The van der Waals surface area contributed by atoms with Crippen LogP contribution in [0.2, 0.25) is 0 Å². The van der Waals surface area contributed by atoms with Crippen LogP contribution in [0.4, 0.5) is 0 Å². The SMILES string of the molecule is [CH2-][P+](c1cc(-c2ccccc2)ccc1P(C)c1ccc(-c2ccccc2)cc1[P+]([CH2-])(C(C)C)C(C)C)(C(C)C)C(C)C. The van der Waals surface area contributed by atoms with Crippen LogP contribution in [0.1, 0.15) is 55.4 Å². The fourth-order valence-electron chi connectivity index (χ4n) is 6.34. The third kappa shape index (κ3) is 6.21. The molecule has 4 aromatic carbocycles. The van der Waals surface area contributed by atoms with Crippen LogP contribution in [0, 0.1) is 13.3 Å². The summed E-state index contributed by atoms with van der Waals surface area (Å²) in [5, 5.41) is 6.04. The van der Waals surface area contributed by atoms with Gasteiger partial charge < -0.3 is 0 Å². The van der Waals surface area contributed by atoms with Crippen molar-refractivity contribution in [2.45, 2.75) is 78.0 Å². The van der Waals surface area contributed by atoms with Gasteiger partial charge in [-0.05, 0) is 116 Å². The highest BCUT2D eigenvalue weighted by molar-refractivity contribution is 7.89. The molecule has 0 saturated heterocycles. The molecule has 0 aliphatic heterocycles. The van der Waals surface area contributed by atoms with E-state index in [9.17, 15) is 0 Å². The summed E-state index contributed by atoms with van der Waals surface area (Å²) >= 11 is 0. The van der Waals surface area contributed by atoms with E-state index < -0.39 is 22.4 Å². The van der Waals surface area contributed by atoms with Crippen molar-refractivity contribution in [2.75, 3.05) is 6.66 Å². The lowest BCUT2D eigenvalue weighted by molar-refractivity contribution is 1.00. The van der Waals surface area contributed by atoms with E-state index >= 15 is 0 Å². The maximum atomic E-state index is 5.11. The molecule has 0 aliphatic carbocycles. The van der Waals surface area contributed by atoms with Gasteiger partial charge in [-0.2, -0.15) is 13.3 Å². The zero-order valence-corrected chi connectivity index (χ0v) is 30.0. The van der Waals surface area contributed by atoms with Gasteiger partial charge in [-0.3, -0.25) is 0 Å². The highest BCUT2D eigenvalue weighted by atomic mass is 31.2. The van der Waals surface area contributed by atoms with Crippen molar-refractivity contribution in [1.82, 2.24) is 0 Å². The molecule has 0 aromatic heterocycles. The van der Waals surface area contributed by atoms with Gasteiger partial charge in [0.05, 0.1) is 10.6 Å². The average molecular weight is 613 g/mol. The van der Waals surface area contributed by atoms with E-state index in [1.54, 1.807) is 0 Å². The predicted octanol–water partition coefficient (Wildman–Crippen LogP) is 10.6. The standard InChI is InChI=1S/C39H51P3/c1-28(2)41(10,29(3)4)38-26-34(32-18-14-12-15-19-32)22-24-36(38)40(9)37-25-23-35(33-20-16-13-17-21-33)27-39(37)42(11,30(5)6)31(7)8/h12-31H,10-11H2,1-9H3. The van der Waals surface area contributed by atoms with Crippen LogP contribution in [-0.4, -0.2) is 29.3 Å². The third-order valence-corrected chi connectivity index (χ3v) is 22.0. The molecule has 3 heteroatoms. The first-order valence-corrected chi connectivity index (χ1v) is 21.4. The first-order valence-electron chi connectivity index (χ1n) is 15.4. The molecule has 0 nitrogen and oxygen atoms in total. The topological polar surface area (TPSA) is 0 Å². The Hall–Kier alpha value is -1.83. The maximum absolute atomic E-state index is 5.11. The van der Waals surface area contributed by atoms with Gasteiger partial charge >= 0.3 is 0 Å². The molecule has 0 aliphatic rings. The van der Waals surface area contributed by atoms with E-state index in [2.05, 4.69) is 159 Å². The van der Waals surface area contributed by atoms with Crippen LogP contribution < -0.4 is 21.2 Å². The highest BCUT2D eigenvalue weighted by Crippen LogP contribution is 2.66. The first-order chi connectivity index (χ1) is 19.8. The summed E-state index contributed by atoms with van der Waals surface area (Å²) in [7, 11) is -4.06. The minimum Gasteiger partial charge on any atom is -0.174 e. The molecule has 0 radical (unpaired) electrons. The lowest BCUT2D eigenvalue weighted by atomic mass is 10.1. The van der Waals surface area contributed by atoms with Crippen LogP contribution in [-0.2, 0) is 0 Å². The Labute approximate surface area is 260 Å². The molecule has 0 bridgehead atoms. The van der Waals surface area contributed by atoms with Gasteiger partial charge in [-0.25, -0.2) is 0 Å². The van der Waals surface area contributed by atoms with E-state index in [0.717, 1.165) is 0 Å². The molecule has 4 aromatic rings. The zero-order chi connectivity index (χ0) is 30.8. The molecular weight excluding hydrogens is 561 g/mol. The molecule has 42 heavy (non-hydrogen) atoms. The second kappa shape index (κ2) is 13.4. The zero-order valence-electron chi connectivity index (χ0n) is 27.3. The fraction of sp³-hybridized carbons (Fsp3) is 0.333. The molecule has 0 amide bonds. The maximum Gasteiger partial charge on any atom is 0.0736 e. The van der Waals surface area contributed by atoms with E-state index in [1.165, 1.54) is 43.5 Å². The molecule has 0 unspecified atom stereocenters. The Kier molecular flexibility index (Phi) is 10.6. The second-order valence-electron chi connectivity index (χ2n) is 12.9. The molecule has 0 spiro atoms. The minimum absolute atomic E-state index is 0.511. The molecule has 0 saturated carbocycles. The predicted molar refractivity (Wildman–Crippen MR) is 200 cm³/mol. The quantitative estimate of drug-likeness (QED) is 0.123. The van der Waals surface area contributed by atoms with Crippen LogP contribution in [0.15, 0.2) is 97.1 Å².